The van der Waals surface area contributed by atoms with Crippen LogP contribution in [-0.2, 0) is 14.6 Å². The number of sulfone groups is 1. The van der Waals surface area contributed by atoms with Gasteiger partial charge in [0.15, 0.2) is 9.84 Å². The minimum atomic E-state index is -3.13. The number of rotatable bonds is 3. The molecule has 5 heteroatoms. The highest BCUT2D eigenvalue weighted by Crippen LogP contribution is 2.30. The first kappa shape index (κ1) is 12.5. The molecular formula is C10H18O4S. The van der Waals surface area contributed by atoms with Gasteiger partial charge in [0.1, 0.15) is 0 Å². The van der Waals surface area contributed by atoms with Crippen LogP contribution >= 0.6 is 0 Å². The molecule has 1 rings (SSSR count). The lowest BCUT2D eigenvalue weighted by molar-refractivity contribution is -0.142. The van der Waals surface area contributed by atoms with Gasteiger partial charge in [-0.15, -0.1) is 0 Å². The molecule has 0 aliphatic heterocycles. The van der Waals surface area contributed by atoms with Crippen LogP contribution in [0.1, 0.15) is 39.5 Å². The molecule has 0 aromatic carbocycles. The van der Waals surface area contributed by atoms with Crippen molar-refractivity contribution in [3.05, 3.63) is 0 Å². The Bertz CT molecular complexity index is 331. The Kier molecular flexibility index (Phi) is 3.76. The summed E-state index contributed by atoms with van der Waals surface area (Å²) in [5.41, 5.74) is 0. The van der Waals surface area contributed by atoms with Gasteiger partial charge in [-0.25, -0.2) is 8.42 Å². The van der Waals surface area contributed by atoms with Crippen molar-refractivity contribution in [2.45, 2.75) is 50.0 Å². The van der Waals surface area contributed by atoms with Crippen LogP contribution in [-0.4, -0.2) is 30.0 Å². The first-order valence-corrected chi connectivity index (χ1v) is 6.92. The van der Waals surface area contributed by atoms with Gasteiger partial charge in [-0.3, -0.25) is 4.79 Å². The van der Waals surface area contributed by atoms with Crippen LogP contribution in [0.5, 0.6) is 0 Å². The van der Waals surface area contributed by atoms with Crippen LogP contribution in [0.25, 0.3) is 0 Å². The van der Waals surface area contributed by atoms with Crippen LogP contribution in [0, 0.1) is 5.92 Å². The molecule has 2 unspecified atom stereocenters. The Morgan fingerprint density at radius 2 is 1.93 bits per heavy atom. The fraction of sp³-hybridized carbons (Fsp3) is 0.900. The maximum atomic E-state index is 11.9. The fourth-order valence-electron chi connectivity index (χ4n) is 2.05. The smallest absolute Gasteiger partial charge is 0.306 e. The third-order valence-electron chi connectivity index (χ3n) is 3.10. The Balaban J connectivity index is 2.77. The molecule has 1 aliphatic carbocycles. The number of aliphatic carboxylic acids is 1. The molecule has 0 radical (unpaired) electrons. The number of hydrogen-bond acceptors (Lipinski definition) is 3. The summed E-state index contributed by atoms with van der Waals surface area (Å²) in [6.45, 7) is 3.30. The molecule has 1 N–H and O–H groups in total. The molecular weight excluding hydrogens is 216 g/mol. The van der Waals surface area contributed by atoms with Crippen molar-refractivity contribution in [3.63, 3.8) is 0 Å². The standard InChI is InChI=1S/C10H18O4S/c1-7(2)15(13,14)9-5-3-4-8(6-9)10(11)12/h7-9H,3-6H2,1-2H3,(H,11,12). The summed E-state index contributed by atoms with van der Waals surface area (Å²) in [6.07, 6.45) is 2.22. The van der Waals surface area contributed by atoms with Crippen molar-refractivity contribution in [2.75, 3.05) is 0 Å². The van der Waals surface area contributed by atoms with E-state index in [1.165, 1.54) is 0 Å². The molecule has 15 heavy (non-hydrogen) atoms. The summed E-state index contributed by atoms with van der Waals surface area (Å²) in [7, 11) is -3.13. The number of carboxylic acid groups (broad SMARTS) is 1. The zero-order valence-corrected chi connectivity index (χ0v) is 9.96. The maximum Gasteiger partial charge on any atom is 0.306 e. The van der Waals surface area contributed by atoms with Gasteiger partial charge in [-0.1, -0.05) is 6.42 Å². The molecule has 4 nitrogen and oxygen atoms in total. The fourth-order valence-corrected chi connectivity index (χ4v) is 3.82. The Morgan fingerprint density at radius 1 is 1.33 bits per heavy atom. The average Bonchev–Trinajstić information content (AvgIpc) is 2.17. The molecule has 0 heterocycles. The number of carboxylic acids is 1. The Morgan fingerprint density at radius 3 is 2.40 bits per heavy atom. The van der Waals surface area contributed by atoms with Gasteiger partial charge < -0.3 is 5.11 Å². The Hall–Kier alpha value is -0.580. The van der Waals surface area contributed by atoms with E-state index in [0.29, 0.717) is 19.3 Å². The first-order chi connectivity index (χ1) is 6.85. The molecule has 88 valence electrons. The molecule has 1 aliphatic rings. The number of carbonyl (C=O) groups is 1. The minimum absolute atomic E-state index is 0.288. The maximum absolute atomic E-state index is 11.9. The van der Waals surface area contributed by atoms with Gasteiger partial charge in [0.2, 0.25) is 0 Å². The van der Waals surface area contributed by atoms with Gasteiger partial charge in [0.05, 0.1) is 16.4 Å². The molecule has 0 spiro atoms. The molecule has 2 atom stereocenters. The molecule has 1 saturated carbocycles. The van der Waals surface area contributed by atoms with E-state index in [4.69, 9.17) is 5.11 Å². The lowest BCUT2D eigenvalue weighted by Gasteiger charge is -2.27. The third kappa shape index (κ3) is 2.71. The largest absolute Gasteiger partial charge is 0.481 e. The summed E-state index contributed by atoms with van der Waals surface area (Å²) in [6, 6.07) is 0. The molecule has 1 fully saturated rings. The molecule has 0 saturated heterocycles. The summed E-state index contributed by atoms with van der Waals surface area (Å²) in [5, 5.41) is 8.01. The highest BCUT2D eigenvalue weighted by molar-refractivity contribution is 7.92. The van der Waals surface area contributed by atoms with Crippen molar-refractivity contribution >= 4 is 15.8 Å². The van der Waals surface area contributed by atoms with Gasteiger partial charge >= 0.3 is 5.97 Å². The second-order valence-electron chi connectivity index (χ2n) is 4.46. The zero-order valence-electron chi connectivity index (χ0n) is 9.14. The quantitative estimate of drug-likeness (QED) is 0.802. The Labute approximate surface area is 90.6 Å². The van der Waals surface area contributed by atoms with E-state index in [0.717, 1.165) is 0 Å². The van der Waals surface area contributed by atoms with E-state index in [1.807, 2.05) is 0 Å². The minimum Gasteiger partial charge on any atom is -0.481 e. The monoisotopic (exact) mass is 234 g/mol. The predicted molar refractivity (Wildman–Crippen MR) is 57.4 cm³/mol. The van der Waals surface area contributed by atoms with Crippen molar-refractivity contribution in [3.8, 4) is 0 Å². The van der Waals surface area contributed by atoms with Crippen molar-refractivity contribution in [2.24, 2.45) is 5.92 Å². The van der Waals surface area contributed by atoms with E-state index < -0.39 is 32.2 Å². The van der Waals surface area contributed by atoms with Gasteiger partial charge in [0, 0.05) is 0 Å². The van der Waals surface area contributed by atoms with Gasteiger partial charge in [0.25, 0.3) is 0 Å². The third-order valence-corrected chi connectivity index (χ3v) is 5.77. The van der Waals surface area contributed by atoms with Crippen molar-refractivity contribution < 1.29 is 18.3 Å². The number of hydrogen-bond donors (Lipinski definition) is 1. The van der Waals surface area contributed by atoms with Crippen molar-refractivity contribution in [1.82, 2.24) is 0 Å². The first-order valence-electron chi connectivity index (χ1n) is 5.31. The van der Waals surface area contributed by atoms with E-state index in [2.05, 4.69) is 0 Å². The molecule has 0 bridgehead atoms. The van der Waals surface area contributed by atoms with E-state index in [1.54, 1.807) is 13.8 Å². The van der Waals surface area contributed by atoms with Crippen molar-refractivity contribution in [1.29, 1.82) is 0 Å². The highest BCUT2D eigenvalue weighted by atomic mass is 32.2. The van der Waals surface area contributed by atoms with E-state index in [9.17, 15) is 13.2 Å². The van der Waals surface area contributed by atoms with Crippen LogP contribution in [0.3, 0.4) is 0 Å². The highest BCUT2D eigenvalue weighted by Gasteiger charge is 2.35. The van der Waals surface area contributed by atoms with Crippen LogP contribution < -0.4 is 0 Å². The van der Waals surface area contributed by atoms with E-state index >= 15 is 0 Å². The zero-order chi connectivity index (χ0) is 11.6. The van der Waals surface area contributed by atoms with E-state index in [-0.39, 0.29) is 6.42 Å². The van der Waals surface area contributed by atoms with Crippen LogP contribution in [0.15, 0.2) is 0 Å². The second kappa shape index (κ2) is 4.51. The predicted octanol–water partition coefficient (Wildman–Crippen LogP) is 1.45. The summed E-state index contributed by atoms with van der Waals surface area (Å²) in [5.74, 6) is -1.34. The summed E-state index contributed by atoms with van der Waals surface area (Å²) < 4.78 is 23.7. The lowest BCUT2D eigenvalue weighted by atomic mass is 9.89. The van der Waals surface area contributed by atoms with Crippen LogP contribution in [0.4, 0.5) is 0 Å². The normalized spacial score (nSPS) is 27.9. The lowest BCUT2D eigenvalue weighted by Crippen LogP contribution is -2.35. The molecule has 0 amide bonds. The topological polar surface area (TPSA) is 71.4 Å². The van der Waals surface area contributed by atoms with Crippen LogP contribution in [0.2, 0.25) is 0 Å². The summed E-state index contributed by atoms with van der Waals surface area (Å²) in [4.78, 5) is 10.8. The molecule has 0 aromatic rings. The molecule has 0 aromatic heterocycles. The van der Waals surface area contributed by atoms with Gasteiger partial charge in [-0.2, -0.15) is 0 Å². The summed E-state index contributed by atoms with van der Waals surface area (Å²) >= 11 is 0. The van der Waals surface area contributed by atoms with Gasteiger partial charge in [-0.05, 0) is 33.1 Å². The average molecular weight is 234 g/mol. The SMILES string of the molecule is CC(C)S(=O)(=O)C1CCCC(C(=O)O)C1. The second-order valence-corrected chi connectivity index (χ2v) is 7.25.